The lowest BCUT2D eigenvalue weighted by molar-refractivity contribution is -0.184. The molecule has 2 aliphatic heterocycles. The summed E-state index contributed by atoms with van der Waals surface area (Å²) in [6, 6.07) is 11.6. The van der Waals surface area contributed by atoms with E-state index in [4.69, 9.17) is 14.3 Å². The summed E-state index contributed by atoms with van der Waals surface area (Å²) in [5.74, 6) is 0.353. The van der Waals surface area contributed by atoms with Gasteiger partial charge in [-0.2, -0.15) is 5.10 Å². The second-order valence-electron chi connectivity index (χ2n) is 9.45. The fourth-order valence-electron chi connectivity index (χ4n) is 4.77. The molecule has 5 heterocycles. The molecule has 0 atom stereocenters. The van der Waals surface area contributed by atoms with E-state index in [0.29, 0.717) is 23.1 Å². The number of carbonyl (C=O) groups excluding carboxylic acids is 1. The van der Waals surface area contributed by atoms with E-state index in [1.165, 1.54) is 6.26 Å². The lowest BCUT2D eigenvalue weighted by Crippen LogP contribution is -2.47. The number of aromatic nitrogens is 3. The zero-order valence-electron chi connectivity index (χ0n) is 19.5. The number of nitrogens with one attached hydrogen (secondary N) is 2. The van der Waals surface area contributed by atoms with Crippen LogP contribution in [0, 0.1) is 6.92 Å². The van der Waals surface area contributed by atoms with Crippen molar-refractivity contribution in [3.05, 3.63) is 71.4 Å². The number of ether oxygens (including phenoxy) is 1. The number of carbonyl (C=O) groups is 1. The highest BCUT2D eigenvalue weighted by Crippen LogP contribution is 2.36. The number of nitrogens with zero attached hydrogens (tertiary/aromatic N) is 3. The number of rotatable bonds is 5. The predicted molar refractivity (Wildman–Crippen MR) is 129 cm³/mol. The van der Waals surface area contributed by atoms with Gasteiger partial charge in [-0.25, -0.2) is 9.50 Å². The van der Waals surface area contributed by atoms with Gasteiger partial charge in [0.1, 0.15) is 11.9 Å². The Kier molecular flexibility index (Phi) is 5.40. The molecule has 180 valence electrons. The standard InChI is InChI=1S/C26H27N5O4/c1-16-3-2-4-18(9-16)25-29-23(13-35-25)24(32)28-22-11-19-10-21(17-5-7-27-8-6-17)30-31(19)12-20(22)26(33)14-34-15-26/h2-4,9-13,17,27,33H,5-8,14-15H2,1H3,(H,28,32). The Bertz CT molecular complexity index is 1400. The molecule has 0 saturated carbocycles. The lowest BCUT2D eigenvalue weighted by atomic mass is 9.91. The maximum Gasteiger partial charge on any atom is 0.277 e. The molecule has 1 amide bonds. The molecule has 0 radical (unpaired) electrons. The summed E-state index contributed by atoms with van der Waals surface area (Å²) in [5, 5.41) is 22.2. The minimum atomic E-state index is -1.19. The van der Waals surface area contributed by atoms with Gasteiger partial charge in [0.2, 0.25) is 5.89 Å². The van der Waals surface area contributed by atoms with Gasteiger partial charge >= 0.3 is 0 Å². The van der Waals surface area contributed by atoms with E-state index < -0.39 is 11.5 Å². The number of hydrogen-bond acceptors (Lipinski definition) is 7. The molecule has 0 aliphatic carbocycles. The van der Waals surface area contributed by atoms with Crippen LogP contribution < -0.4 is 10.6 Å². The van der Waals surface area contributed by atoms with Crippen molar-refractivity contribution < 1.29 is 19.1 Å². The number of piperidine rings is 1. The number of fused-ring (bicyclic) bond motifs is 1. The first-order valence-corrected chi connectivity index (χ1v) is 11.9. The van der Waals surface area contributed by atoms with E-state index in [-0.39, 0.29) is 18.9 Å². The van der Waals surface area contributed by atoms with Crippen molar-refractivity contribution in [3.63, 3.8) is 0 Å². The van der Waals surface area contributed by atoms with Gasteiger partial charge in [-0.05, 0) is 57.1 Å². The van der Waals surface area contributed by atoms with E-state index in [0.717, 1.165) is 48.3 Å². The van der Waals surface area contributed by atoms with Gasteiger partial charge < -0.3 is 24.9 Å². The average molecular weight is 474 g/mol. The third-order valence-corrected chi connectivity index (χ3v) is 6.81. The van der Waals surface area contributed by atoms with Gasteiger partial charge in [0.25, 0.3) is 5.91 Å². The highest BCUT2D eigenvalue weighted by atomic mass is 16.5. The third kappa shape index (κ3) is 4.12. The first kappa shape index (κ1) is 22.0. The number of benzene rings is 1. The van der Waals surface area contributed by atoms with Crippen LogP contribution in [0.1, 0.15) is 46.1 Å². The normalized spacial score (nSPS) is 17.9. The molecule has 4 aromatic rings. The first-order chi connectivity index (χ1) is 17.0. The van der Waals surface area contributed by atoms with Gasteiger partial charge in [-0.1, -0.05) is 17.7 Å². The van der Waals surface area contributed by atoms with Crippen molar-refractivity contribution >= 4 is 17.1 Å². The van der Waals surface area contributed by atoms with Crippen LogP contribution in [0.5, 0.6) is 0 Å². The van der Waals surface area contributed by atoms with Crippen molar-refractivity contribution in [2.75, 3.05) is 31.6 Å². The molecule has 2 aliphatic rings. The maximum atomic E-state index is 13.1. The quantitative estimate of drug-likeness (QED) is 0.408. The number of aliphatic hydroxyl groups is 1. The number of hydrogen-bond donors (Lipinski definition) is 3. The fraction of sp³-hybridized carbons (Fsp3) is 0.346. The maximum absolute atomic E-state index is 13.1. The van der Waals surface area contributed by atoms with E-state index >= 15 is 0 Å². The van der Waals surface area contributed by atoms with E-state index in [2.05, 4.69) is 21.7 Å². The van der Waals surface area contributed by atoms with Gasteiger partial charge in [-0.3, -0.25) is 4.79 Å². The summed E-state index contributed by atoms with van der Waals surface area (Å²) in [6.07, 6.45) is 5.21. The van der Waals surface area contributed by atoms with E-state index in [1.54, 1.807) is 10.7 Å². The summed E-state index contributed by atoms with van der Waals surface area (Å²) in [6.45, 7) is 4.25. The highest BCUT2D eigenvalue weighted by Gasteiger charge is 2.41. The van der Waals surface area contributed by atoms with E-state index in [9.17, 15) is 9.90 Å². The summed E-state index contributed by atoms with van der Waals surface area (Å²) in [7, 11) is 0. The minimum Gasteiger partial charge on any atom is -0.444 e. The molecule has 6 rings (SSSR count). The van der Waals surface area contributed by atoms with Gasteiger partial charge in [0, 0.05) is 23.2 Å². The predicted octanol–water partition coefficient (Wildman–Crippen LogP) is 3.23. The van der Waals surface area contributed by atoms with Crippen LogP contribution in [0.3, 0.4) is 0 Å². The Morgan fingerprint density at radius 2 is 2.06 bits per heavy atom. The average Bonchev–Trinajstić information content (AvgIpc) is 3.50. The zero-order valence-corrected chi connectivity index (χ0v) is 19.5. The molecule has 0 bridgehead atoms. The minimum absolute atomic E-state index is 0.158. The molecule has 1 aromatic carbocycles. The Labute approximate surface area is 202 Å². The number of aryl methyl sites for hydroxylation is 1. The van der Waals surface area contributed by atoms with Crippen molar-refractivity contribution in [1.82, 2.24) is 19.9 Å². The van der Waals surface area contributed by atoms with Gasteiger partial charge in [0.05, 0.1) is 30.1 Å². The second kappa shape index (κ2) is 8.60. The first-order valence-electron chi connectivity index (χ1n) is 11.9. The molecule has 3 N–H and O–H groups in total. The van der Waals surface area contributed by atoms with Crippen LogP contribution in [-0.4, -0.2) is 51.9 Å². The lowest BCUT2D eigenvalue weighted by Gasteiger charge is -2.37. The van der Waals surface area contributed by atoms with Crippen molar-refractivity contribution in [1.29, 1.82) is 0 Å². The molecule has 2 saturated heterocycles. The molecule has 3 aromatic heterocycles. The van der Waals surface area contributed by atoms with Crippen LogP contribution in [0.25, 0.3) is 17.0 Å². The molecular formula is C26H27N5O4. The number of oxazole rings is 1. The van der Waals surface area contributed by atoms with E-state index in [1.807, 2.05) is 37.3 Å². The van der Waals surface area contributed by atoms with Crippen molar-refractivity contribution in [2.45, 2.75) is 31.3 Å². The zero-order chi connectivity index (χ0) is 24.0. The summed E-state index contributed by atoms with van der Waals surface area (Å²) in [5.41, 5.74) is 3.79. The molecule has 0 unspecified atom stereocenters. The largest absolute Gasteiger partial charge is 0.444 e. The van der Waals surface area contributed by atoms with Crippen molar-refractivity contribution in [3.8, 4) is 11.5 Å². The van der Waals surface area contributed by atoms with Gasteiger partial charge in [-0.15, -0.1) is 0 Å². The third-order valence-electron chi connectivity index (χ3n) is 6.81. The molecule has 35 heavy (non-hydrogen) atoms. The Balaban J connectivity index is 1.32. The molecule has 2 fully saturated rings. The molecule has 9 heteroatoms. The second-order valence-corrected chi connectivity index (χ2v) is 9.45. The number of pyridine rings is 1. The highest BCUT2D eigenvalue weighted by molar-refractivity contribution is 6.03. The monoisotopic (exact) mass is 473 g/mol. The summed E-state index contributed by atoms with van der Waals surface area (Å²) in [4.78, 5) is 17.5. The van der Waals surface area contributed by atoms with Crippen LogP contribution in [0.15, 0.2) is 53.3 Å². The Morgan fingerprint density at radius 3 is 2.80 bits per heavy atom. The molecule has 9 nitrogen and oxygen atoms in total. The topological polar surface area (TPSA) is 114 Å². The summed E-state index contributed by atoms with van der Waals surface area (Å²) >= 11 is 0. The number of anilines is 1. The SMILES string of the molecule is Cc1cccc(-c2nc(C(=O)Nc3cc4cc(C5CCNCC5)nn4cc3C3(O)COC3)co2)c1. The Hall–Kier alpha value is -3.53. The summed E-state index contributed by atoms with van der Waals surface area (Å²) < 4.78 is 12.6. The van der Waals surface area contributed by atoms with Crippen LogP contribution in [0.2, 0.25) is 0 Å². The molecular weight excluding hydrogens is 446 g/mol. The smallest absolute Gasteiger partial charge is 0.277 e. The Morgan fingerprint density at radius 1 is 1.23 bits per heavy atom. The van der Waals surface area contributed by atoms with Crippen LogP contribution >= 0.6 is 0 Å². The van der Waals surface area contributed by atoms with Crippen LogP contribution in [0.4, 0.5) is 5.69 Å². The molecule has 0 spiro atoms. The van der Waals surface area contributed by atoms with Crippen molar-refractivity contribution in [2.24, 2.45) is 0 Å². The van der Waals surface area contributed by atoms with Gasteiger partial charge in [0.15, 0.2) is 5.69 Å². The van der Waals surface area contributed by atoms with Crippen LogP contribution in [-0.2, 0) is 10.3 Å². The number of amides is 1. The fourth-order valence-corrected chi connectivity index (χ4v) is 4.77.